The van der Waals surface area contributed by atoms with Crippen LogP contribution in [0.25, 0.3) is 0 Å². The molecule has 2 heterocycles. The fourth-order valence-electron chi connectivity index (χ4n) is 4.75. The van der Waals surface area contributed by atoms with Crippen LogP contribution in [0.5, 0.6) is 0 Å². The minimum absolute atomic E-state index is 0.0643. The molecule has 33 heavy (non-hydrogen) atoms. The van der Waals surface area contributed by atoms with Gasteiger partial charge in [-0.15, -0.1) is 0 Å². The summed E-state index contributed by atoms with van der Waals surface area (Å²) in [6, 6.07) is 10.7. The van der Waals surface area contributed by atoms with Gasteiger partial charge in [-0.3, -0.25) is 0 Å². The number of hydrogen-bond acceptors (Lipinski definition) is 3. The molecule has 179 valence electrons. The molecule has 0 amide bonds. The number of nitrogens with zero attached hydrogens (tertiary/aromatic N) is 2. The molecule has 2 saturated heterocycles. The first kappa shape index (κ1) is 24.0. The van der Waals surface area contributed by atoms with Gasteiger partial charge in [0.15, 0.2) is 0 Å². The van der Waals surface area contributed by atoms with Crippen molar-refractivity contribution in [3.8, 4) is 0 Å². The van der Waals surface area contributed by atoms with Crippen LogP contribution in [0.2, 0.25) is 0 Å². The Morgan fingerprint density at radius 2 is 1.45 bits per heavy atom. The fourth-order valence-corrected chi connectivity index (χ4v) is 4.75. The molecule has 1 unspecified atom stereocenters. The summed E-state index contributed by atoms with van der Waals surface area (Å²) in [4.78, 5) is 0. The Bertz CT molecular complexity index is 914. The highest BCUT2D eigenvalue weighted by Gasteiger charge is 2.40. The van der Waals surface area contributed by atoms with E-state index in [0.717, 1.165) is 24.1 Å². The zero-order valence-corrected chi connectivity index (χ0v) is 17.8. The lowest BCUT2D eigenvalue weighted by atomic mass is 9.89. The third-order valence-corrected chi connectivity index (χ3v) is 6.38. The minimum Gasteiger partial charge on any atom is -0.393 e. The van der Waals surface area contributed by atoms with Crippen LogP contribution in [-0.2, 0) is 12.4 Å². The van der Waals surface area contributed by atoms with E-state index >= 15 is 0 Å². The lowest BCUT2D eigenvalue weighted by molar-refractivity contribution is -0.143. The number of benzene rings is 2. The highest BCUT2D eigenvalue weighted by Crippen LogP contribution is 2.41. The van der Waals surface area contributed by atoms with E-state index in [1.807, 2.05) is 40.3 Å². The first-order valence-electron chi connectivity index (χ1n) is 10.9. The molecule has 3 nitrogen and oxygen atoms in total. The van der Waals surface area contributed by atoms with Gasteiger partial charge in [-0.25, -0.2) is 10.0 Å². The first-order chi connectivity index (χ1) is 15.5. The average Bonchev–Trinajstić information content (AvgIpc) is 2.78. The number of hydrogen-bond donors (Lipinski definition) is 1. The van der Waals surface area contributed by atoms with Crippen molar-refractivity contribution in [3.63, 3.8) is 0 Å². The lowest BCUT2D eigenvalue weighted by Gasteiger charge is -2.47. The lowest BCUT2D eigenvalue weighted by Crippen LogP contribution is -2.52. The van der Waals surface area contributed by atoms with Crippen LogP contribution < -0.4 is 0 Å². The quantitative estimate of drug-likeness (QED) is 0.571. The molecule has 0 spiro atoms. The van der Waals surface area contributed by atoms with E-state index in [2.05, 4.69) is 6.42 Å². The van der Waals surface area contributed by atoms with Gasteiger partial charge in [0, 0.05) is 25.6 Å². The van der Waals surface area contributed by atoms with Crippen LogP contribution in [-0.4, -0.2) is 40.9 Å². The van der Waals surface area contributed by atoms with Crippen LogP contribution in [0.4, 0.5) is 26.3 Å². The summed E-state index contributed by atoms with van der Waals surface area (Å²) in [5.74, 6) is 0.0969. The van der Waals surface area contributed by atoms with E-state index < -0.39 is 35.6 Å². The predicted molar refractivity (Wildman–Crippen MR) is 111 cm³/mol. The third kappa shape index (κ3) is 5.53. The summed E-state index contributed by atoms with van der Waals surface area (Å²) in [6.07, 6.45) is -7.23. The zero-order chi connectivity index (χ0) is 23.8. The zero-order valence-electron chi connectivity index (χ0n) is 17.8. The number of alkyl halides is 6. The second-order valence-electron chi connectivity index (χ2n) is 8.65. The molecule has 4 rings (SSSR count). The van der Waals surface area contributed by atoms with Crippen LogP contribution in [0, 0.1) is 6.42 Å². The topological polar surface area (TPSA) is 26.7 Å². The number of piperidine rings is 2. The number of halogens is 6. The Labute approximate surface area is 188 Å². The smallest absolute Gasteiger partial charge is 0.393 e. The molecule has 0 saturated carbocycles. The second kappa shape index (κ2) is 9.27. The maximum atomic E-state index is 13.4. The van der Waals surface area contributed by atoms with Gasteiger partial charge in [0.25, 0.3) is 0 Å². The number of aliphatic hydroxyl groups excluding tert-OH is 1. The first-order valence-corrected chi connectivity index (χ1v) is 10.9. The average molecular weight is 471 g/mol. The normalized spacial score (nSPS) is 25.8. The van der Waals surface area contributed by atoms with Gasteiger partial charge in [-0.1, -0.05) is 30.3 Å². The highest BCUT2D eigenvalue weighted by atomic mass is 19.4. The molecule has 2 fully saturated rings. The maximum Gasteiger partial charge on any atom is 0.416 e. The van der Waals surface area contributed by atoms with Crippen molar-refractivity contribution in [1.82, 2.24) is 10.0 Å². The maximum absolute atomic E-state index is 13.4. The minimum atomic E-state index is -4.91. The van der Waals surface area contributed by atoms with Crippen LogP contribution in [0.15, 0.2) is 48.5 Å². The van der Waals surface area contributed by atoms with Gasteiger partial charge in [0.1, 0.15) is 0 Å². The highest BCUT2D eigenvalue weighted by molar-refractivity contribution is 5.35. The Morgan fingerprint density at radius 3 is 2.06 bits per heavy atom. The van der Waals surface area contributed by atoms with E-state index in [-0.39, 0.29) is 24.0 Å². The van der Waals surface area contributed by atoms with Crippen molar-refractivity contribution in [2.45, 2.75) is 49.7 Å². The molecule has 0 aliphatic carbocycles. The summed E-state index contributed by atoms with van der Waals surface area (Å²) in [6.45, 7) is 1.54. The Hall–Kier alpha value is -2.10. The molecule has 2 aromatic carbocycles. The number of aliphatic hydroxyl groups is 1. The van der Waals surface area contributed by atoms with Crippen LogP contribution in [0.1, 0.15) is 53.5 Å². The van der Waals surface area contributed by atoms with Crippen molar-refractivity contribution in [2.75, 3.05) is 19.6 Å². The molecular weight excluding hydrogens is 446 g/mol. The van der Waals surface area contributed by atoms with Gasteiger partial charge in [-0.05, 0) is 55.0 Å². The van der Waals surface area contributed by atoms with Crippen molar-refractivity contribution < 1.29 is 31.4 Å². The number of hydrazine groups is 1. The molecule has 1 N–H and O–H groups in total. The molecule has 0 bridgehead atoms. The van der Waals surface area contributed by atoms with Gasteiger partial charge >= 0.3 is 12.4 Å². The van der Waals surface area contributed by atoms with Crippen LogP contribution >= 0.6 is 0 Å². The molecule has 0 aromatic heterocycles. The SMILES string of the molecule is O[C@@H]1CCN(N2CC[CH]C(c3ccccc3)C2)[C@H](c2cc(C(F)(F)F)cc(C(F)(F)F)c2)C1. The fraction of sp³-hybridized carbons (Fsp3) is 0.458. The predicted octanol–water partition coefficient (Wildman–Crippen LogP) is 5.83. The van der Waals surface area contributed by atoms with Crippen LogP contribution in [0.3, 0.4) is 0 Å². The summed E-state index contributed by atoms with van der Waals surface area (Å²) in [5, 5.41) is 14.1. The molecule has 2 aliphatic rings. The van der Waals surface area contributed by atoms with E-state index in [1.54, 1.807) is 0 Å². The van der Waals surface area contributed by atoms with Gasteiger partial charge < -0.3 is 5.11 Å². The van der Waals surface area contributed by atoms with Gasteiger partial charge in [0.2, 0.25) is 0 Å². The van der Waals surface area contributed by atoms with Gasteiger partial charge in [-0.2, -0.15) is 26.3 Å². The van der Waals surface area contributed by atoms with E-state index in [0.29, 0.717) is 26.1 Å². The monoisotopic (exact) mass is 471 g/mol. The Balaban J connectivity index is 1.68. The van der Waals surface area contributed by atoms with Crippen molar-refractivity contribution in [1.29, 1.82) is 0 Å². The standard InChI is InChI=1S/C24H25F6N2O/c25-23(26,27)19-11-18(12-20(13-19)24(28,29)30)22-14-21(33)8-10-32(22)31-9-4-7-17(15-31)16-5-2-1-3-6-16/h1-3,5-7,11-13,17,21-22,33H,4,8-10,14-15H2/t17?,21-,22+/m1/s1. The Morgan fingerprint density at radius 1 is 0.818 bits per heavy atom. The summed E-state index contributed by atoms with van der Waals surface area (Å²) in [5.41, 5.74) is -1.64. The van der Waals surface area contributed by atoms with E-state index in [4.69, 9.17) is 0 Å². The Kier molecular flexibility index (Phi) is 6.75. The molecule has 3 atom stereocenters. The third-order valence-electron chi connectivity index (χ3n) is 6.38. The van der Waals surface area contributed by atoms with E-state index in [1.165, 1.54) is 0 Å². The second-order valence-corrected chi connectivity index (χ2v) is 8.65. The summed E-state index contributed by atoms with van der Waals surface area (Å²) >= 11 is 0. The van der Waals surface area contributed by atoms with Crippen molar-refractivity contribution in [2.24, 2.45) is 0 Å². The van der Waals surface area contributed by atoms with E-state index in [9.17, 15) is 31.4 Å². The molecular formula is C24H25F6N2O. The summed E-state index contributed by atoms with van der Waals surface area (Å²) < 4.78 is 80.6. The largest absolute Gasteiger partial charge is 0.416 e. The molecule has 2 aliphatic heterocycles. The molecule has 2 aromatic rings. The summed E-state index contributed by atoms with van der Waals surface area (Å²) in [7, 11) is 0. The number of rotatable bonds is 3. The molecule has 1 radical (unpaired) electrons. The molecule has 9 heteroatoms. The van der Waals surface area contributed by atoms with Gasteiger partial charge in [0.05, 0.1) is 23.3 Å². The van der Waals surface area contributed by atoms with Crippen molar-refractivity contribution in [3.05, 3.63) is 77.2 Å². The van der Waals surface area contributed by atoms with Crippen molar-refractivity contribution >= 4 is 0 Å².